The number of carbonyl (C=O) groups excluding carboxylic acids is 1. The van der Waals surface area contributed by atoms with Gasteiger partial charge in [-0.3, -0.25) is 9.59 Å². The molecule has 0 saturated heterocycles. The zero-order chi connectivity index (χ0) is 15.7. The van der Waals surface area contributed by atoms with Crippen molar-refractivity contribution < 1.29 is 9.53 Å². The number of carbonyl (C=O) groups is 1. The zero-order valence-corrected chi connectivity index (χ0v) is 12.2. The van der Waals surface area contributed by atoms with E-state index >= 15 is 0 Å². The van der Waals surface area contributed by atoms with Crippen LogP contribution in [0.25, 0.3) is 22.3 Å². The first-order valence-corrected chi connectivity index (χ1v) is 6.83. The summed E-state index contributed by atoms with van der Waals surface area (Å²) < 4.78 is 5.05. The zero-order valence-electron chi connectivity index (χ0n) is 12.2. The Morgan fingerprint density at radius 1 is 1.18 bits per heavy atom. The van der Waals surface area contributed by atoms with Crippen molar-refractivity contribution in [2.75, 3.05) is 0 Å². The number of rotatable bonds is 2. The van der Waals surface area contributed by atoms with Crippen LogP contribution in [0.3, 0.4) is 0 Å². The SMILES string of the molecule is CC(=O)Oc1ccc(-c2nc3ccccc3c(=O)[nH]2)c(C)c1. The van der Waals surface area contributed by atoms with E-state index < -0.39 is 0 Å². The largest absolute Gasteiger partial charge is 0.427 e. The molecule has 0 radical (unpaired) electrons. The van der Waals surface area contributed by atoms with Crippen LogP contribution in [0.5, 0.6) is 5.75 Å². The van der Waals surface area contributed by atoms with E-state index in [-0.39, 0.29) is 11.5 Å². The molecule has 0 bridgehead atoms. The molecule has 5 heteroatoms. The molecule has 1 heterocycles. The highest BCUT2D eigenvalue weighted by Crippen LogP contribution is 2.24. The topological polar surface area (TPSA) is 72.0 Å². The van der Waals surface area contributed by atoms with Crippen molar-refractivity contribution >= 4 is 16.9 Å². The van der Waals surface area contributed by atoms with Crippen LogP contribution in [0.2, 0.25) is 0 Å². The summed E-state index contributed by atoms with van der Waals surface area (Å²) in [6.45, 7) is 3.23. The van der Waals surface area contributed by atoms with Gasteiger partial charge in [-0.05, 0) is 42.8 Å². The summed E-state index contributed by atoms with van der Waals surface area (Å²) >= 11 is 0. The van der Waals surface area contributed by atoms with E-state index in [1.165, 1.54) is 6.92 Å². The van der Waals surface area contributed by atoms with E-state index in [9.17, 15) is 9.59 Å². The van der Waals surface area contributed by atoms with E-state index in [2.05, 4.69) is 9.97 Å². The average molecular weight is 294 g/mol. The minimum atomic E-state index is -0.371. The van der Waals surface area contributed by atoms with Gasteiger partial charge in [-0.1, -0.05) is 12.1 Å². The van der Waals surface area contributed by atoms with Crippen molar-refractivity contribution in [3.8, 4) is 17.1 Å². The van der Waals surface area contributed by atoms with Crippen molar-refractivity contribution in [1.29, 1.82) is 0 Å². The molecule has 0 unspecified atom stereocenters. The molecule has 0 spiro atoms. The first kappa shape index (κ1) is 14.0. The predicted octanol–water partition coefficient (Wildman–Crippen LogP) is 2.82. The van der Waals surface area contributed by atoms with Crippen molar-refractivity contribution in [2.24, 2.45) is 0 Å². The van der Waals surface area contributed by atoms with Gasteiger partial charge in [0.05, 0.1) is 10.9 Å². The maximum Gasteiger partial charge on any atom is 0.308 e. The Labute approximate surface area is 126 Å². The number of aromatic nitrogens is 2. The summed E-state index contributed by atoms with van der Waals surface area (Å²) in [6.07, 6.45) is 0. The number of H-pyrrole nitrogens is 1. The monoisotopic (exact) mass is 294 g/mol. The molecular formula is C17H14N2O3. The van der Waals surface area contributed by atoms with Crippen LogP contribution in [0.15, 0.2) is 47.3 Å². The normalized spacial score (nSPS) is 10.6. The van der Waals surface area contributed by atoms with Crippen LogP contribution >= 0.6 is 0 Å². The molecule has 3 rings (SSSR count). The molecule has 1 N–H and O–H groups in total. The Morgan fingerprint density at radius 2 is 1.95 bits per heavy atom. The van der Waals surface area contributed by atoms with Gasteiger partial charge in [0, 0.05) is 12.5 Å². The lowest BCUT2D eigenvalue weighted by molar-refractivity contribution is -0.131. The number of aromatic amines is 1. The smallest absolute Gasteiger partial charge is 0.308 e. The summed E-state index contributed by atoms with van der Waals surface area (Å²) in [7, 11) is 0. The number of fused-ring (bicyclic) bond motifs is 1. The highest BCUT2D eigenvalue weighted by atomic mass is 16.5. The number of nitrogens with one attached hydrogen (secondary N) is 1. The van der Waals surface area contributed by atoms with Crippen molar-refractivity contribution in [3.05, 3.63) is 58.4 Å². The highest BCUT2D eigenvalue weighted by Gasteiger charge is 2.09. The fraction of sp³-hybridized carbons (Fsp3) is 0.118. The Kier molecular flexibility index (Phi) is 3.47. The lowest BCUT2D eigenvalue weighted by Gasteiger charge is -2.08. The molecule has 1 aromatic heterocycles. The predicted molar refractivity (Wildman–Crippen MR) is 83.8 cm³/mol. The molecule has 5 nitrogen and oxygen atoms in total. The highest BCUT2D eigenvalue weighted by molar-refractivity contribution is 5.79. The summed E-state index contributed by atoms with van der Waals surface area (Å²) in [4.78, 5) is 30.4. The summed E-state index contributed by atoms with van der Waals surface area (Å²) in [5.41, 5.74) is 2.12. The number of ether oxygens (including phenoxy) is 1. The molecule has 110 valence electrons. The molecule has 0 aliphatic carbocycles. The minimum Gasteiger partial charge on any atom is -0.427 e. The quantitative estimate of drug-likeness (QED) is 0.582. The molecule has 0 atom stereocenters. The molecule has 0 fully saturated rings. The minimum absolute atomic E-state index is 0.177. The second-order valence-corrected chi connectivity index (χ2v) is 5.00. The van der Waals surface area contributed by atoms with Crippen LogP contribution < -0.4 is 10.3 Å². The molecule has 22 heavy (non-hydrogen) atoms. The molecular weight excluding hydrogens is 280 g/mol. The van der Waals surface area contributed by atoms with Crippen LogP contribution in [-0.2, 0) is 4.79 Å². The van der Waals surface area contributed by atoms with E-state index in [1.807, 2.05) is 13.0 Å². The number of esters is 1. The molecule has 0 aliphatic rings. The summed E-state index contributed by atoms with van der Waals surface area (Å²) in [5, 5.41) is 0.556. The number of nitrogens with zero attached hydrogens (tertiary/aromatic N) is 1. The fourth-order valence-electron chi connectivity index (χ4n) is 2.35. The van der Waals surface area contributed by atoms with Gasteiger partial charge in [-0.2, -0.15) is 0 Å². The first-order chi connectivity index (χ1) is 10.5. The third-order valence-electron chi connectivity index (χ3n) is 3.33. The second kappa shape index (κ2) is 5.44. The van der Waals surface area contributed by atoms with E-state index in [4.69, 9.17) is 4.74 Å². The van der Waals surface area contributed by atoms with Gasteiger partial charge in [0.15, 0.2) is 0 Å². The molecule has 0 amide bonds. The van der Waals surface area contributed by atoms with Crippen LogP contribution in [0.4, 0.5) is 0 Å². The van der Waals surface area contributed by atoms with Crippen molar-refractivity contribution in [3.63, 3.8) is 0 Å². The number of hydrogen-bond acceptors (Lipinski definition) is 4. The number of aryl methyl sites for hydroxylation is 1. The molecule has 3 aromatic rings. The maximum atomic E-state index is 12.1. The Hall–Kier alpha value is -2.95. The van der Waals surface area contributed by atoms with Crippen LogP contribution in [-0.4, -0.2) is 15.9 Å². The standard InChI is InChI=1S/C17H14N2O3/c1-10-9-12(22-11(2)20)7-8-13(10)16-18-15-6-4-3-5-14(15)17(21)19-16/h3-9H,1-2H3,(H,18,19,21). The van der Waals surface area contributed by atoms with Crippen molar-refractivity contribution in [2.45, 2.75) is 13.8 Å². The number of benzene rings is 2. The van der Waals surface area contributed by atoms with Gasteiger partial charge in [0.25, 0.3) is 5.56 Å². The number of para-hydroxylation sites is 1. The lowest BCUT2D eigenvalue weighted by atomic mass is 10.1. The molecule has 2 aromatic carbocycles. The van der Waals surface area contributed by atoms with Crippen LogP contribution in [0.1, 0.15) is 12.5 Å². The van der Waals surface area contributed by atoms with Gasteiger partial charge >= 0.3 is 5.97 Å². The summed E-state index contributed by atoms with van der Waals surface area (Å²) in [5.74, 6) is 0.594. The summed E-state index contributed by atoms with van der Waals surface area (Å²) in [6, 6.07) is 12.4. The first-order valence-electron chi connectivity index (χ1n) is 6.83. The van der Waals surface area contributed by atoms with Gasteiger partial charge in [0.1, 0.15) is 11.6 Å². The maximum absolute atomic E-state index is 12.1. The van der Waals surface area contributed by atoms with Crippen molar-refractivity contribution in [1.82, 2.24) is 9.97 Å². The van der Waals surface area contributed by atoms with Gasteiger partial charge in [-0.15, -0.1) is 0 Å². The van der Waals surface area contributed by atoms with Crippen LogP contribution in [0, 0.1) is 6.92 Å². The molecule has 0 aliphatic heterocycles. The van der Waals surface area contributed by atoms with Gasteiger partial charge in [-0.25, -0.2) is 4.98 Å². The lowest BCUT2D eigenvalue weighted by Crippen LogP contribution is -2.10. The third kappa shape index (κ3) is 2.61. The fourth-order valence-corrected chi connectivity index (χ4v) is 2.35. The Bertz CT molecular complexity index is 929. The van der Waals surface area contributed by atoms with Gasteiger partial charge in [0.2, 0.25) is 0 Å². The van der Waals surface area contributed by atoms with E-state index in [0.29, 0.717) is 22.5 Å². The Morgan fingerprint density at radius 3 is 2.68 bits per heavy atom. The third-order valence-corrected chi connectivity index (χ3v) is 3.33. The molecule has 0 saturated carbocycles. The number of hydrogen-bond donors (Lipinski definition) is 1. The van der Waals surface area contributed by atoms with E-state index in [1.54, 1.807) is 36.4 Å². The van der Waals surface area contributed by atoms with E-state index in [0.717, 1.165) is 11.1 Å². The van der Waals surface area contributed by atoms with Gasteiger partial charge < -0.3 is 9.72 Å². The second-order valence-electron chi connectivity index (χ2n) is 5.00. The average Bonchev–Trinajstić information content (AvgIpc) is 2.46. The Balaban J connectivity index is 2.11.